The lowest BCUT2D eigenvalue weighted by Gasteiger charge is -2.25. The van der Waals surface area contributed by atoms with Gasteiger partial charge in [0.25, 0.3) is 0 Å². The zero-order chi connectivity index (χ0) is 29.9. The van der Waals surface area contributed by atoms with E-state index in [0.29, 0.717) is 28.6 Å². The maximum Gasteiger partial charge on any atom is 0.313 e. The third-order valence-corrected chi connectivity index (χ3v) is 6.43. The number of fused-ring (bicyclic) bond motifs is 1. The molecule has 14 nitrogen and oxygen atoms in total. The fourth-order valence-corrected chi connectivity index (χ4v) is 4.36. The Kier molecular flexibility index (Phi) is 11.1. The summed E-state index contributed by atoms with van der Waals surface area (Å²) in [6, 6.07) is 8.47. The summed E-state index contributed by atoms with van der Waals surface area (Å²) in [5, 5.41) is 31.7. The molecule has 0 aliphatic heterocycles. The minimum atomic E-state index is -0.506. The number of rotatable bonds is 13. The summed E-state index contributed by atoms with van der Waals surface area (Å²) in [4.78, 5) is 22.5. The van der Waals surface area contributed by atoms with Crippen molar-refractivity contribution in [2.24, 2.45) is 0 Å². The van der Waals surface area contributed by atoms with Crippen LogP contribution in [0.2, 0.25) is 5.02 Å². The first-order chi connectivity index (χ1) is 19.9. The van der Waals surface area contributed by atoms with Gasteiger partial charge in [0.2, 0.25) is 11.7 Å². The number of nitrogens with zero attached hydrogens (tertiary/aromatic N) is 8. The molecule has 3 aromatic heterocycles. The van der Waals surface area contributed by atoms with Gasteiger partial charge in [-0.15, -0.1) is 0 Å². The second-order valence-electron chi connectivity index (χ2n) is 8.56. The third-order valence-electron chi connectivity index (χ3n) is 6.15. The van der Waals surface area contributed by atoms with Crippen LogP contribution in [-0.2, 0) is 4.74 Å². The number of nitro benzene ring substituents is 1. The van der Waals surface area contributed by atoms with Crippen molar-refractivity contribution in [1.29, 1.82) is 10.8 Å². The topological polar surface area (TPSA) is 177 Å². The molecule has 3 heterocycles. The fraction of sp³-hybridized carbons (Fsp3) is 0.346. The molecule has 15 heteroatoms. The molecule has 1 aromatic carbocycles. The summed E-state index contributed by atoms with van der Waals surface area (Å²) in [5.41, 5.74) is 2.04. The molecule has 1 atom stereocenters. The summed E-state index contributed by atoms with van der Waals surface area (Å²) in [6.45, 7) is 6.52. The summed E-state index contributed by atoms with van der Waals surface area (Å²) in [6.07, 6.45) is 4.52. The quantitative estimate of drug-likeness (QED) is 0.128. The van der Waals surface area contributed by atoms with Crippen LogP contribution in [0.3, 0.4) is 0 Å². The Hall–Kier alpha value is -4.58. The van der Waals surface area contributed by atoms with E-state index in [0.717, 1.165) is 18.6 Å². The third kappa shape index (κ3) is 7.34. The summed E-state index contributed by atoms with van der Waals surface area (Å²) >= 11 is 6.43. The lowest BCUT2D eigenvalue weighted by Crippen LogP contribution is -2.38. The number of nitro groups is 1. The van der Waals surface area contributed by atoms with Crippen LogP contribution < -0.4 is 14.8 Å². The molecule has 0 fully saturated rings. The first-order valence-corrected chi connectivity index (χ1v) is 12.9. The molecular formula is C26H30ClN9O5. The number of aromatic nitrogens is 4. The van der Waals surface area contributed by atoms with Crippen LogP contribution in [0, 0.1) is 20.9 Å². The highest BCUT2D eigenvalue weighted by Gasteiger charge is 2.25. The monoisotopic (exact) mass is 583 g/mol. The van der Waals surface area contributed by atoms with E-state index in [2.05, 4.69) is 25.3 Å². The van der Waals surface area contributed by atoms with Gasteiger partial charge in [0.1, 0.15) is 11.9 Å². The predicted molar refractivity (Wildman–Crippen MR) is 152 cm³/mol. The van der Waals surface area contributed by atoms with Gasteiger partial charge in [0.15, 0.2) is 0 Å². The van der Waals surface area contributed by atoms with Crippen molar-refractivity contribution in [1.82, 2.24) is 24.5 Å². The van der Waals surface area contributed by atoms with E-state index in [9.17, 15) is 10.1 Å². The highest BCUT2D eigenvalue weighted by molar-refractivity contribution is 6.33. The zero-order valence-electron chi connectivity index (χ0n) is 23.0. The molecule has 0 saturated heterocycles. The van der Waals surface area contributed by atoms with Crippen molar-refractivity contribution in [2.75, 3.05) is 45.8 Å². The maximum absolute atomic E-state index is 12.0. The normalized spacial score (nSPS) is 11.5. The van der Waals surface area contributed by atoms with Crippen LogP contribution in [0.15, 0.2) is 48.9 Å². The van der Waals surface area contributed by atoms with Gasteiger partial charge >= 0.3 is 5.69 Å². The highest BCUT2D eigenvalue weighted by Crippen LogP contribution is 2.40. The van der Waals surface area contributed by atoms with Gasteiger partial charge < -0.3 is 24.4 Å². The lowest BCUT2D eigenvalue weighted by molar-refractivity contribution is -0.386. The van der Waals surface area contributed by atoms with Crippen LogP contribution in [0.4, 0.5) is 17.3 Å². The molecule has 4 aromatic rings. The van der Waals surface area contributed by atoms with Gasteiger partial charge in [-0.3, -0.25) is 10.1 Å². The Morgan fingerprint density at radius 3 is 2.59 bits per heavy atom. The molecular weight excluding hydrogens is 554 g/mol. The van der Waals surface area contributed by atoms with E-state index in [4.69, 9.17) is 36.6 Å². The van der Waals surface area contributed by atoms with E-state index in [-0.39, 0.29) is 29.7 Å². The number of pyridine rings is 1. The molecule has 41 heavy (non-hydrogen) atoms. The molecule has 0 bridgehead atoms. The number of methoxy groups -OCH3 is 2. The Morgan fingerprint density at radius 2 is 1.93 bits per heavy atom. The van der Waals surface area contributed by atoms with Crippen LogP contribution in [0.25, 0.3) is 16.8 Å². The number of nitrogens with one attached hydrogen (secondary N) is 1. The van der Waals surface area contributed by atoms with Crippen LogP contribution >= 0.6 is 11.6 Å². The Balaban J connectivity index is 0.00000226. The first kappa shape index (κ1) is 31.0. The standard InChI is InChI=1S/C26H30ClN7O5.N2/c1-5-32(6-2)15-17(16-37-3)39-24-12-23(38-4)20(11-22(24)34(35)36)30-26-28-14-19(27)25(31-26)18-13-29-33-10-8-7-9-21(18)33;1-2/h7-14,17H,5-6,15-16H2,1-4H3,(H,28,30,31);. The van der Waals surface area contributed by atoms with Crippen molar-refractivity contribution in [3.63, 3.8) is 0 Å². The number of likely N-dealkylation sites (N-methyl/N-ethyl adjacent to an activating group) is 1. The maximum atomic E-state index is 12.0. The van der Waals surface area contributed by atoms with Crippen molar-refractivity contribution in [2.45, 2.75) is 20.0 Å². The summed E-state index contributed by atoms with van der Waals surface area (Å²) in [7, 11) is 3.03. The molecule has 0 amide bonds. The highest BCUT2D eigenvalue weighted by atomic mass is 35.5. The number of benzene rings is 1. The Morgan fingerprint density at radius 1 is 1.17 bits per heavy atom. The zero-order valence-corrected chi connectivity index (χ0v) is 23.8. The number of hydrogen-bond donors (Lipinski definition) is 1. The largest absolute Gasteiger partial charge is 0.494 e. The van der Waals surface area contributed by atoms with E-state index in [1.807, 2.05) is 38.2 Å². The minimum Gasteiger partial charge on any atom is -0.494 e. The average molecular weight is 584 g/mol. The molecule has 1 N–H and O–H groups in total. The number of halogens is 1. The molecule has 0 radical (unpaired) electrons. The molecule has 216 valence electrons. The molecule has 1 unspecified atom stereocenters. The summed E-state index contributed by atoms with van der Waals surface area (Å²) < 4.78 is 18.6. The average Bonchev–Trinajstić information content (AvgIpc) is 3.42. The van der Waals surface area contributed by atoms with E-state index < -0.39 is 11.0 Å². The predicted octanol–water partition coefficient (Wildman–Crippen LogP) is 4.87. The van der Waals surface area contributed by atoms with Gasteiger partial charge in [-0.2, -0.15) is 5.10 Å². The Bertz CT molecular complexity index is 1490. The second kappa shape index (κ2) is 14.7. The van der Waals surface area contributed by atoms with Crippen molar-refractivity contribution in [3.05, 3.63) is 64.1 Å². The fourth-order valence-electron chi connectivity index (χ4n) is 4.17. The first-order valence-electron chi connectivity index (χ1n) is 12.5. The number of anilines is 2. The van der Waals surface area contributed by atoms with Crippen molar-refractivity contribution < 1.29 is 19.1 Å². The molecule has 0 saturated carbocycles. The van der Waals surface area contributed by atoms with Crippen LogP contribution in [-0.4, -0.2) is 76.0 Å². The molecule has 0 aliphatic rings. The number of hydrogen-bond acceptors (Lipinski definition) is 12. The van der Waals surface area contributed by atoms with Gasteiger partial charge in [0, 0.05) is 48.3 Å². The van der Waals surface area contributed by atoms with E-state index in [1.54, 1.807) is 17.8 Å². The smallest absolute Gasteiger partial charge is 0.313 e. The van der Waals surface area contributed by atoms with Gasteiger partial charge in [0.05, 0.1) is 53.0 Å². The molecule has 0 spiro atoms. The minimum absolute atomic E-state index is 0.0701. The van der Waals surface area contributed by atoms with Crippen molar-refractivity contribution in [3.8, 4) is 22.8 Å². The van der Waals surface area contributed by atoms with E-state index >= 15 is 0 Å². The van der Waals surface area contributed by atoms with Gasteiger partial charge in [-0.05, 0) is 25.2 Å². The number of ether oxygens (including phenoxy) is 3. The summed E-state index contributed by atoms with van der Waals surface area (Å²) in [5.74, 6) is 0.552. The van der Waals surface area contributed by atoms with Crippen LogP contribution in [0.5, 0.6) is 11.5 Å². The van der Waals surface area contributed by atoms with Gasteiger partial charge in [-0.25, -0.2) is 14.5 Å². The SMILES string of the molecule is CCN(CC)CC(COC)Oc1cc(OC)c(Nc2ncc(Cl)c(-c3cnn4ccccc34)n2)cc1[N+](=O)[O-].N#N. The second-order valence-corrected chi connectivity index (χ2v) is 8.97. The van der Waals surface area contributed by atoms with Crippen LogP contribution in [0.1, 0.15) is 13.8 Å². The molecule has 0 aliphatic carbocycles. The van der Waals surface area contributed by atoms with Gasteiger partial charge in [-0.1, -0.05) is 31.5 Å². The Labute approximate surface area is 241 Å². The van der Waals surface area contributed by atoms with Crippen molar-refractivity contribution >= 4 is 34.4 Å². The molecule has 4 rings (SSSR count). The van der Waals surface area contributed by atoms with E-state index in [1.165, 1.54) is 25.4 Å². The lowest BCUT2D eigenvalue weighted by atomic mass is 10.2.